The first-order chi connectivity index (χ1) is 13.0. The van der Waals surface area contributed by atoms with E-state index in [-0.39, 0.29) is 18.6 Å². The molecule has 1 aliphatic heterocycles. The van der Waals surface area contributed by atoms with E-state index in [9.17, 15) is 9.59 Å². The van der Waals surface area contributed by atoms with Gasteiger partial charge in [0.25, 0.3) is 0 Å². The highest BCUT2D eigenvalue weighted by molar-refractivity contribution is 5.91. The van der Waals surface area contributed by atoms with Gasteiger partial charge in [-0.15, -0.1) is 0 Å². The predicted molar refractivity (Wildman–Crippen MR) is 99.3 cm³/mol. The van der Waals surface area contributed by atoms with Crippen LogP contribution in [0.2, 0.25) is 0 Å². The van der Waals surface area contributed by atoms with Crippen molar-refractivity contribution < 1.29 is 23.8 Å². The summed E-state index contributed by atoms with van der Waals surface area (Å²) < 4.78 is 16.2. The van der Waals surface area contributed by atoms with Crippen LogP contribution in [-0.4, -0.2) is 25.0 Å². The van der Waals surface area contributed by atoms with Crippen LogP contribution in [0.1, 0.15) is 18.1 Å². The summed E-state index contributed by atoms with van der Waals surface area (Å²) in [6, 6.07) is 14.9. The summed E-state index contributed by atoms with van der Waals surface area (Å²) in [7, 11) is 1.51. The topological polar surface area (TPSA) is 73.9 Å². The van der Waals surface area contributed by atoms with Crippen molar-refractivity contribution in [1.29, 1.82) is 0 Å². The Balaban J connectivity index is 1.68. The lowest BCUT2D eigenvalue weighted by atomic mass is 10.1. The minimum atomic E-state index is -0.428. The molecule has 2 aromatic rings. The number of amides is 1. The van der Waals surface area contributed by atoms with Gasteiger partial charge in [-0.25, -0.2) is 0 Å². The molecule has 0 saturated heterocycles. The number of hydrogen-bond acceptors (Lipinski definition) is 5. The average Bonchev–Trinajstić information content (AvgIpc) is 2.99. The average molecular weight is 367 g/mol. The normalized spacial score (nSPS) is 15.7. The second kappa shape index (κ2) is 8.40. The van der Waals surface area contributed by atoms with Gasteiger partial charge in [0, 0.05) is 13.0 Å². The van der Waals surface area contributed by atoms with E-state index in [1.807, 2.05) is 36.4 Å². The highest BCUT2D eigenvalue weighted by atomic mass is 16.6. The lowest BCUT2D eigenvalue weighted by molar-refractivity contribution is -0.132. The van der Waals surface area contributed by atoms with Gasteiger partial charge in [0.15, 0.2) is 11.5 Å². The maximum absolute atomic E-state index is 11.8. The van der Waals surface area contributed by atoms with E-state index in [4.69, 9.17) is 14.2 Å². The second-order valence-electron chi connectivity index (χ2n) is 6.17. The molecule has 1 unspecified atom stereocenters. The van der Waals surface area contributed by atoms with Crippen LogP contribution in [0.4, 0.5) is 0 Å². The number of benzene rings is 2. The van der Waals surface area contributed by atoms with Crippen molar-refractivity contribution in [2.45, 2.75) is 26.0 Å². The SMILES string of the molecule is COc1ccc(COC2=CC(=O)NC2Cc2ccccc2)cc1OC(C)=O. The molecule has 6 heteroatoms. The number of nitrogens with one attached hydrogen (secondary N) is 1. The Bertz CT molecular complexity index is 860. The lowest BCUT2D eigenvalue weighted by Gasteiger charge is -2.17. The van der Waals surface area contributed by atoms with Gasteiger partial charge >= 0.3 is 5.97 Å². The monoisotopic (exact) mass is 367 g/mol. The predicted octanol–water partition coefficient (Wildman–Crippen LogP) is 2.76. The number of rotatable bonds is 7. The van der Waals surface area contributed by atoms with Crippen molar-refractivity contribution in [2.75, 3.05) is 7.11 Å². The molecular weight excluding hydrogens is 346 g/mol. The number of esters is 1. The smallest absolute Gasteiger partial charge is 0.308 e. The molecule has 0 spiro atoms. The van der Waals surface area contributed by atoms with Crippen molar-refractivity contribution >= 4 is 11.9 Å². The molecule has 0 saturated carbocycles. The molecule has 27 heavy (non-hydrogen) atoms. The number of ether oxygens (including phenoxy) is 3. The van der Waals surface area contributed by atoms with E-state index in [1.54, 1.807) is 12.1 Å². The van der Waals surface area contributed by atoms with Crippen molar-refractivity contribution in [3.05, 3.63) is 71.5 Å². The zero-order valence-corrected chi connectivity index (χ0v) is 15.2. The molecule has 140 valence electrons. The van der Waals surface area contributed by atoms with Crippen LogP contribution >= 0.6 is 0 Å². The summed E-state index contributed by atoms with van der Waals surface area (Å²) in [4.78, 5) is 23.0. The largest absolute Gasteiger partial charge is 0.493 e. The quantitative estimate of drug-likeness (QED) is 0.602. The van der Waals surface area contributed by atoms with Crippen molar-refractivity contribution in [1.82, 2.24) is 5.32 Å². The van der Waals surface area contributed by atoms with Gasteiger partial charge in [-0.3, -0.25) is 9.59 Å². The zero-order valence-electron chi connectivity index (χ0n) is 15.2. The minimum absolute atomic E-state index is 0.165. The van der Waals surface area contributed by atoms with Gasteiger partial charge in [-0.1, -0.05) is 36.4 Å². The highest BCUT2D eigenvalue weighted by Gasteiger charge is 2.25. The molecule has 0 bridgehead atoms. The Kier molecular flexibility index (Phi) is 5.76. The molecule has 2 aromatic carbocycles. The fourth-order valence-electron chi connectivity index (χ4n) is 2.87. The third-order valence-corrected chi connectivity index (χ3v) is 4.10. The van der Waals surface area contributed by atoms with Crippen LogP contribution in [0.5, 0.6) is 11.5 Å². The number of hydrogen-bond donors (Lipinski definition) is 1. The maximum Gasteiger partial charge on any atom is 0.308 e. The molecule has 1 N–H and O–H groups in total. The van der Waals surface area contributed by atoms with Crippen LogP contribution in [0, 0.1) is 0 Å². The van der Waals surface area contributed by atoms with Crippen LogP contribution in [0.15, 0.2) is 60.4 Å². The third-order valence-electron chi connectivity index (χ3n) is 4.10. The fraction of sp³-hybridized carbons (Fsp3) is 0.238. The van der Waals surface area contributed by atoms with Crippen LogP contribution in [0.3, 0.4) is 0 Å². The highest BCUT2D eigenvalue weighted by Crippen LogP contribution is 2.29. The summed E-state index contributed by atoms with van der Waals surface area (Å²) in [6.07, 6.45) is 2.13. The molecule has 1 atom stereocenters. The Morgan fingerprint density at radius 1 is 1.07 bits per heavy atom. The van der Waals surface area contributed by atoms with Gasteiger partial charge < -0.3 is 19.5 Å². The van der Waals surface area contributed by atoms with Gasteiger partial charge in [-0.05, 0) is 29.7 Å². The molecular formula is C21H21NO5. The summed E-state index contributed by atoms with van der Waals surface area (Å²) in [6.45, 7) is 1.57. The standard InChI is InChI=1S/C21H21NO5/c1-14(23)27-20-11-16(8-9-18(20)25-2)13-26-19-12-21(24)22-17(19)10-15-6-4-3-5-7-15/h3-9,11-12,17H,10,13H2,1-2H3,(H,22,24). The van der Waals surface area contributed by atoms with Gasteiger partial charge in [-0.2, -0.15) is 0 Å². The van der Waals surface area contributed by atoms with Crippen LogP contribution in [0.25, 0.3) is 0 Å². The first-order valence-electron chi connectivity index (χ1n) is 8.59. The van der Waals surface area contributed by atoms with Gasteiger partial charge in [0.1, 0.15) is 12.4 Å². The molecule has 3 rings (SSSR count). The summed E-state index contributed by atoms with van der Waals surface area (Å²) in [5, 5.41) is 2.90. The first kappa shape index (κ1) is 18.5. The molecule has 1 heterocycles. The summed E-state index contributed by atoms with van der Waals surface area (Å²) in [5.41, 5.74) is 1.91. The Morgan fingerprint density at radius 3 is 2.56 bits per heavy atom. The molecule has 0 fully saturated rings. The van der Waals surface area contributed by atoms with Gasteiger partial charge in [0.2, 0.25) is 5.91 Å². The molecule has 0 aliphatic carbocycles. The zero-order chi connectivity index (χ0) is 19.2. The molecule has 1 aliphatic rings. The first-order valence-corrected chi connectivity index (χ1v) is 8.59. The van der Waals surface area contributed by atoms with E-state index in [2.05, 4.69) is 5.32 Å². The van der Waals surface area contributed by atoms with Gasteiger partial charge in [0.05, 0.1) is 13.2 Å². The van der Waals surface area contributed by atoms with Crippen LogP contribution < -0.4 is 14.8 Å². The van der Waals surface area contributed by atoms with Crippen molar-refractivity contribution in [2.24, 2.45) is 0 Å². The number of carbonyl (C=O) groups is 2. The number of carbonyl (C=O) groups excluding carboxylic acids is 2. The molecule has 1 amide bonds. The summed E-state index contributed by atoms with van der Waals surface area (Å²) in [5.74, 6) is 0.798. The van der Waals surface area contributed by atoms with E-state index < -0.39 is 5.97 Å². The third kappa shape index (κ3) is 4.88. The molecule has 6 nitrogen and oxygen atoms in total. The Hall–Kier alpha value is -3.28. The van der Waals surface area contributed by atoms with E-state index in [0.717, 1.165) is 11.1 Å². The maximum atomic E-state index is 11.8. The van der Waals surface area contributed by atoms with Crippen molar-refractivity contribution in [3.8, 4) is 11.5 Å². The van der Waals surface area contributed by atoms with E-state index in [1.165, 1.54) is 20.1 Å². The minimum Gasteiger partial charge on any atom is -0.493 e. The summed E-state index contributed by atoms with van der Waals surface area (Å²) >= 11 is 0. The molecule has 0 radical (unpaired) electrons. The second-order valence-corrected chi connectivity index (χ2v) is 6.17. The Labute approximate surface area is 157 Å². The molecule has 0 aromatic heterocycles. The van der Waals surface area contributed by atoms with E-state index >= 15 is 0 Å². The van der Waals surface area contributed by atoms with Crippen molar-refractivity contribution in [3.63, 3.8) is 0 Å². The fourth-order valence-corrected chi connectivity index (χ4v) is 2.87. The van der Waals surface area contributed by atoms with Crippen LogP contribution in [-0.2, 0) is 27.4 Å². The van der Waals surface area contributed by atoms with E-state index in [0.29, 0.717) is 23.7 Å². The lowest BCUT2D eigenvalue weighted by Crippen LogP contribution is -2.31. The Morgan fingerprint density at radius 2 is 1.85 bits per heavy atom. The number of methoxy groups -OCH3 is 1.